The Morgan fingerprint density at radius 2 is 2.06 bits per heavy atom. The molecule has 1 aromatic carbocycles. The summed E-state index contributed by atoms with van der Waals surface area (Å²) in [6, 6.07) is 7.79. The molecule has 0 saturated heterocycles. The monoisotopic (exact) mass is 499 g/mol. The lowest BCUT2D eigenvalue weighted by atomic mass is 9.69. The van der Waals surface area contributed by atoms with Crippen molar-refractivity contribution in [3.63, 3.8) is 0 Å². The predicted octanol–water partition coefficient (Wildman–Crippen LogP) is 6.96. The highest BCUT2D eigenvalue weighted by atomic mass is 35.5. The van der Waals surface area contributed by atoms with E-state index in [2.05, 4.69) is 31.4 Å². The van der Waals surface area contributed by atoms with Gasteiger partial charge in [-0.05, 0) is 54.4 Å². The molecule has 2 aromatic heterocycles. The largest absolute Gasteiger partial charge is 0.457 e. The van der Waals surface area contributed by atoms with Gasteiger partial charge in [0.15, 0.2) is 6.17 Å². The van der Waals surface area contributed by atoms with Crippen molar-refractivity contribution in [2.45, 2.75) is 52.6 Å². The molecule has 2 atom stereocenters. The van der Waals surface area contributed by atoms with E-state index in [4.69, 9.17) is 16.0 Å². The van der Waals surface area contributed by atoms with Gasteiger partial charge in [0.1, 0.15) is 16.5 Å². The number of carbonyl (C=O) groups is 1. The average molecular weight is 500 g/mol. The molecule has 34 heavy (non-hydrogen) atoms. The summed E-state index contributed by atoms with van der Waals surface area (Å²) in [7, 11) is 0. The molecule has 0 fully saturated rings. The van der Waals surface area contributed by atoms with Crippen molar-refractivity contribution >= 4 is 39.5 Å². The lowest BCUT2D eigenvalue weighted by Crippen LogP contribution is -2.38. The number of hydrogen-bond acceptors (Lipinski definition) is 6. The van der Waals surface area contributed by atoms with E-state index in [1.165, 1.54) is 22.6 Å². The van der Waals surface area contributed by atoms with Crippen molar-refractivity contribution in [2.24, 2.45) is 11.3 Å². The number of anilines is 1. The van der Waals surface area contributed by atoms with Gasteiger partial charge in [0.05, 0.1) is 15.5 Å². The lowest BCUT2D eigenvalue weighted by Gasteiger charge is -2.36. The molecule has 0 spiro atoms. The fraction of sp³-hybridized carbons (Fsp3) is 0.400. The van der Waals surface area contributed by atoms with Crippen LogP contribution >= 0.6 is 22.9 Å². The van der Waals surface area contributed by atoms with Crippen LogP contribution in [-0.2, 0) is 12.8 Å². The molecular formula is C25H26ClN3O4S. The number of benzene rings is 1. The third-order valence-corrected chi connectivity index (χ3v) is 8.90. The van der Waals surface area contributed by atoms with Gasteiger partial charge < -0.3 is 15.1 Å². The molecule has 1 amide bonds. The Balaban J connectivity index is 1.39. The van der Waals surface area contributed by atoms with Crippen molar-refractivity contribution < 1.29 is 14.1 Å². The number of nitro groups is 1. The third kappa shape index (κ3) is 3.88. The summed E-state index contributed by atoms with van der Waals surface area (Å²) in [5.41, 5.74) is 2.71. The number of amides is 1. The second-order valence-electron chi connectivity index (χ2n) is 9.66. The highest BCUT2D eigenvalue weighted by Gasteiger charge is 2.38. The van der Waals surface area contributed by atoms with Crippen LogP contribution in [0.3, 0.4) is 0 Å². The van der Waals surface area contributed by atoms with Crippen LogP contribution < -0.4 is 10.6 Å². The molecule has 9 heteroatoms. The summed E-state index contributed by atoms with van der Waals surface area (Å²) in [5, 5.41) is 18.6. The van der Waals surface area contributed by atoms with Crippen LogP contribution in [0.15, 0.2) is 34.7 Å². The van der Waals surface area contributed by atoms with Gasteiger partial charge >= 0.3 is 0 Å². The van der Waals surface area contributed by atoms with Crippen molar-refractivity contribution in [1.29, 1.82) is 0 Å². The van der Waals surface area contributed by atoms with Gasteiger partial charge in [-0.2, -0.15) is 0 Å². The summed E-state index contributed by atoms with van der Waals surface area (Å²) in [6.45, 7) is 6.92. The maximum atomic E-state index is 13.1. The van der Waals surface area contributed by atoms with E-state index in [0.29, 0.717) is 23.0 Å². The molecule has 5 rings (SSSR count). The Labute approximate surface area is 206 Å². The smallest absolute Gasteiger partial charge is 0.270 e. The van der Waals surface area contributed by atoms with Gasteiger partial charge in [-0.25, -0.2) is 0 Å². The molecule has 0 radical (unpaired) electrons. The topological polar surface area (TPSA) is 97.4 Å². The van der Waals surface area contributed by atoms with Crippen molar-refractivity contribution in [3.05, 3.63) is 67.2 Å². The van der Waals surface area contributed by atoms with Crippen LogP contribution in [0.2, 0.25) is 5.02 Å². The summed E-state index contributed by atoms with van der Waals surface area (Å²) in [4.78, 5) is 24.9. The molecule has 2 aliphatic rings. The number of carbonyl (C=O) groups excluding carboxylic acids is 1. The van der Waals surface area contributed by atoms with Crippen LogP contribution in [0.5, 0.6) is 0 Å². The number of halogens is 1. The number of thiophene rings is 1. The number of non-ortho nitro benzene ring substituents is 1. The molecule has 0 bridgehead atoms. The number of hydrogen-bond donors (Lipinski definition) is 2. The first kappa shape index (κ1) is 22.9. The van der Waals surface area contributed by atoms with E-state index in [9.17, 15) is 14.9 Å². The van der Waals surface area contributed by atoms with Crippen LogP contribution in [0.4, 0.5) is 10.7 Å². The second-order valence-corrected chi connectivity index (χ2v) is 11.2. The third-order valence-electron chi connectivity index (χ3n) is 7.40. The molecule has 1 aliphatic heterocycles. The zero-order valence-electron chi connectivity index (χ0n) is 19.2. The maximum Gasteiger partial charge on any atom is 0.270 e. The first-order valence-corrected chi connectivity index (χ1v) is 12.6. The molecule has 0 saturated carbocycles. The average Bonchev–Trinajstić information content (AvgIpc) is 3.43. The maximum absolute atomic E-state index is 13.1. The minimum atomic E-state index is -0.506. The van der Waals surface area contributed by atoms with Gasteiger partial charge in [-0.1, -0.05) is 38.8 Å². The van der Waals surface area contributed by atoms with Gasteiger partial charge in [0.2, 0.25) is 0 Å². The number of fused-ring (bicyclic) bond motifs is 3. The molecule has 3 heterocycles. The molecule has 1 aliphatic carbocycles. The standard InChI is InChI=1S/C25H26ClN3O4S/c1-4-25(2,3)13-5-7-16-20(11-13)34-24-21(16)23(30)27-22(28-24)19-10-9-18(33-19)15-8-6-14(29(31)32)12-17(15)26/h6,8-10,12-13,22,28H,4-5,7,11H2,1-3H3,(H,27,30)/t13-,22-/m1/s1. The van der Waals surface area contributed by atoms with E-state index in [-0.39, 0.29) is 22.0 Å². The first-order valence-electron chi connectivity index (χ1n) is 11.4. The highest BCUT2D eigenvalue weighted by molar-refractivity contribution is 7.16. The molecule has 0 unspecified atom stereocenters. The molecule has 3 aromatic rings. The Bertz CT molecular complexity index is 1300. The Morgan fingerprint density at radius 1 is 1.26 bits per heavy atom. The van der Waals surface area contributed by atoms with Crippen LogP contribution in [-0.4, -0.2) is 10.8 Å². The fourth-order valence-corrected chi connectivity index (χ4v) is 6.49. The Kier molecular flexibility index (Phi) is 5.68. The Hall–Kier alpha value is -2.84. The molecular weight excluding hydrogens is 474 g/mol. The highest BCUT2D eigenvalue weighted by Crippen LogP contribution is 2.47. The summed E-state index contributed by atoms with van der Waals surface area (Å²) >= 11 is 7.94. The van der Waals surface area contributed by atoms with Crippen molar-refractivity contribution in [3.8, 4) is 11.3 Å². The van der Waals surface area contributed by atoms with E-state index in [0.717, 1.165) is 36.2 Å². The van der Waals surface area contributed by atoms with E-state index in [1.807, 2.05) is 0 Å². The second kappa shape index (κ2) is 8.43. The van der Waals surface area contributed by atoms with Crippen LogP contribution in [0.1, 0.15) is 66.3 Å². The zero-order valence-corrected chi connectivity index (χ0v) is 20.8. The lowest BCUT2D eigenvalue weighted by molar-refractivity contribution is -0.384. The SMILES string of the molecule is CCC(C)(C)[C@@H]1CCc2c(sc3c2C(=O)N[C@@H](c2ccc(-c4ccc([N+](=O)[O-])cc4Cl)o2)N3)C1. The predicted molar refractivity (Wildman–Crippen MR) is 134 cm³/mol. The number of nitro benzene ring substituents is 1. The van der Waals surface area contributed by atoms with E-state index < -0.39 is 11.1 Å². The van der Waals surface area contributed by atoms with Crippen molar-refractivity contribution in [1.82, 2.24) is 5.32 Å². The summed E-state index contributed by atoms with van der Waals surface area (Å²) in [5.74, 6) is 1.55. The van der Waals surface area contributed by atoms with Crippen molar-refractivity contribution in [2.75, 3.05) is 5.32 Å². The molecule has 2 N–H and O–H groups in total. The van der Waals surface area contributed by atoms with Gasteiger partial charge in [-0.3, -0.25) is 14.9 Å². The number of furan rings is 1. The molecule has 7 nitrogen and oxygen atoms in total. The molecule has 178 valence electrons. The van der Waals surface area contributed by atoms with Crippen LogP contribution in [0, 0.1) is 21.4 Å². The van der Waals surface area contributed by atoms with Gasteiger partial charge in [-0.15, -0.1) is 11.3 Å². The van der Waals surface area contributed by atoms with Gasteiger partial charge in [0.25, 0.3) is 11.6 Å². The Morgan fingerprint density at radius 3 is 2.76 bits per heavy atom. The summed E-state index contributed by atoms with van der Waals surface area (Å²) < 4.78 is 6.01. The van der Waals surface area contributed by atoms with E-state index in [1.54, 1.807) is 29.5 Å². The number of nitrogens with zero attached hydrogens (tertiary/aromatic N) is 1. The normalized spacial score (nSPS) is 19.7. The van der Waals surface area contributed by atoms with Crippen LogP contribution in [0.25, 0.3) is 11.3 Å². The number of rotatable bonds is 5. The number of nitrogens with one attached hydrogen (secondary N) is 2. The summed E-state index contributed by atoms with van der Waals surface area (Å²) in [6.07, 6.45) is 3.67. The first-order chi connectivity index (χ1) is 16.2. The minimum Gasteiger partial charge on any atom is -0.457 e. The zero-order chi connectivity index (χ0) is 24.2. The van der Waals surface area contributed by atoms with E-state index >= 15 is 0 Å². The quantitative estimate of drug-likeness (QED) is 0.292. The van der Waals surface area contributed by atoms with Gasteiger partial charge in [0, 0.05) is 22.6 Å². The fourth-order valence-electron chi connectivity index (χ4n) is 4.87. The minimum absolute atomic E-state index is 0.0829.